The van der Waals surface area contributed by atoms with Crippen molar-refractivity contribution in [1.29, 1.82) is 0 Å². The van der Waals surface area contributed by atoms with Crippen LogP contribution in [0.1, 0.15) is 226 Å². The van der Waals surface area contributed by atoms with Gasteiger partial charge >= 0.3 is 0 Å². The highest BCUT2D eigenvalue weighted by Gasteiger charge is 2.24. The number of hydrogen-bond acceptors (Lipinski definition) is 4. The summed E-state index contributed by atoms with van der Waals surface area (Å²) in [6.45, 7) is 4.52. The number of allylic oxidation sites excluding steroid dienone is 3. The minimum absolute atomic E-state index is 0.285. The van der Waals surface area contributed by atoms with Crippen LogP contribution in [0.3, 0.4) is 0 Å². The van der Waals surface area contributed by atoms with Crippen LogP contribution in [0.4, 0.5) is 0 Å². The van der Waals surface area contributed by atoms with Crippen molar-refractivity contribution < 1.29 is 22.9 Å². The normalized spacial score (nSPS) is 13.4. The first-order valence-electron chi connectivity index (χ1n) is 21.5. The van der Waals surface area contributed by atoms with E-state index in [0.29, 0.717) is 0 Å². The summed E-state index contributed by atoms with van der Waals surface area (Å²) in [7, 11) is -4.34. The molecule has 0 aromatic heterocycles. The topological polar surface area (TPSA) is 104 Å². The molecule has 1 amide bonds. The minimum atomic E-state index is -4.34. The van der Waals surface area contributed by atoms with Crippen molar-refractivity contribution in [2.24, 2.45) is 0 Å². The zero-order valence-electron chi connectivity index (χ0n) is 33.0. The van der Waals surface area contributed by atoms with Gasteiger partial charge in [-0.05, 0) is 44.9 Å². The second-order valence-corrected chi connectivity index (χ2v) is 16.5. The fourth-order valence-corrected chi connectivity index (χ4v) is 7.36. The maximum absolute atomic E-state index is 12.5. The third kappa shape index (κ3) is 38.1. The highest BCUT2D eigenvalue weighted by Crippen LogP contribution is 2.15. The summed E-state index contributed by atoms with van der Waals surface area (Å²) >= 11 is 0. The van der Waals surface area contributed by atoms with Gasteiger partial charge in [-0.1, -0.05) is 199 Å². The van der Waals surface area contributed by atoms with Gasteiger partial charge in [0.05, 0.1) is 17.9 Å². The Balaban J connectivity index is 3.87. The van der Waals surface area contributed by atoms with Crippen molar-refractivity contribution in [1.82, 2.24) is 5.32 Å². The molecule has 296 valence electrons. The SMILES string of the molecule is CCCCCCC/C=C\CCCCCCCC(=O)NC(CS(=O)(=O)O)C(O)/C=C/CCCCCCCCCCCCCCCCCCCCC. The number of nitrogens with one attached hydrogen (secondary N) is 1. The minimum Gasteiger partial charge on any atom is -0.387 e. The van der Waals surface area contributed by atoms with Crippen LogP contribution >= 0.6 is 0 Å². The molecule has 2 unspecified atom stereocenters. The number of aliphatic hydroxyl groups excluding tert-OH is 1. The number of unbranched alkanes of at least 4 members (excludes halogenated alkanes) is 29. The highest BCUT2D eigenvalue weighted by atomic mass is 32.2. The van der Waals surface area contributed by atoms with Gasteiger partial charge in [-0.3, -0.25) is 9.35 Å². The summed E-state index contributed by atoms with van der Waals surface area (Å²) in [5.74, 6) is -0.984. The number of aliphatic hydroxyl groups is 1. The van der Waals surface area contributed by atoms with Crippen molar-refractivity contribution in [3.63, 3.8) is 0 Å². The molecular weight excluding hydrogens is 643 g/mol. The van der Waals surface area contributed by atoms with Crippen molar-refractivity contribution in [2.75, 3.05) is 5.75 Å². The molecule has 0 fully saturated rings. The Morgan fingerprint density at radius 2 is 0.840 bits per heavy atom. The van der Waals surface area contributed by atoms with E-state index in [-0.39, 0.29) is 12.3 Å². The molecule has 0 spiro atoms. The molecule has 0 heterocycles. The second kappa shape index (κ2) is 37.6. The summed E-state index contributed by atoms with van der Waals surface area (Å²) in [5, 5.41) is 13.2. The van der Waals surface area contributed by atoms with Crippen molar-refractivity contribution in [2.45, 2.75) is 238 Å². The number of hydrogen-bond donors (Lipinski definition) is 3. The predicted molar refractivity (Wildman–Crippen MR) is 216 cm³/mol. The Labute approximate surface area is 311 Å². The van der Waals surface area contributed by atoms with Crippen LogP contribution in [0, 0.1) is 0 Å². The standard InChI is InChI=1S/C43H83NO5S/c1-3-5-7-9-11-13-15-17-19-20-21-22-23-24-25-26-28-30-32-34-36-38-42(45)41(40-50(47,48)49)44-43(46)39-37-35-33-31-29-27-18-16-14-12-10-8-6-4-2/h16,18,36,38,41-42,45H,3-15,17,19-35,37,39-40H2,1-2H3,(H,44,46)(H,47,48,49)/b18-16-,38-36+. The first-order chi connectivity index (χ1) is 24.3. The molecule has 7 heteroatoms. The van der Waals surface area contributed by atoms with Gasteiger partial charge in [-0.2, -0.15) is 8.42 Å². The molecule has 0 bridgehead atoms. The Hall–Kier alpha value is -1.18. The highest BCUT2D eigenvalue weighted by molar-refractivity contribution is 7.85. The summed E-state index contributed by atoms with van der Waals surface area (Å²) in [4.78, 5) is 12.5. The zero-order chi connectivity index (χ0) is 36.8. The molecule has 0 aromatic carbocycles. The zero-order valence-corrected chi connectivity index (χ0v) is 33.8. The van der Waals surface area contributed by atoms with Gasteiger partial charge in [0.1, 0.15) is 0 Å². The maximum Gasteiger partial charge on any atom is 0.267 e. The fraction of sp³-hybridized carbons (Fsp3) is 0.884. The molecule has 0 aliphatic rings. The molecule has 0 aromatic rings. The molecule has 0 rings (SSSR count). The lowest BCUT2D eigenvalue weighted by Gasteiger charge is -2.21. The van der Waals surface area contributed by atoms with E-state index in [1.807, 2.05) is 6.08 Å². The average Bonchev–Trinajstić information content (AvgIpc) is 3.08. The molecule has 3 N–H and O–H groups in total. The maximum atomic E-state index is 12.5. The van der Waals surface area contributed by atoms with Gasteiger partial charge in [0.15, 0.2) is 0 Å². The largest absolute Gasteiger partial charge is 0.387 e. The van der Waals surface area contributed by atoms with E-state index in [4.69, 9.17) is 0 Å². The third-order valence-corrected chi connectivity index (χ3v) is 10.7. The van der Waals surface area contributed by atoms with Gasteiger partial charge in [-0.15, -0.1) is 0 Å². The van der Waals surface area contributed by atoms with Gasteiger partial charge in [0, 0.05) is 6.42 Å². The molecule has 0 saturated carbocycles. The first kappa shape index (κ1) is 48.8. The number of carbonyl (C=O) groups excluding carboxylic acids is 1. The van der Waals surface area contributed by atoms with Crippen molar-refractivity contribution in [3.8, 4) is 0 Å². The van der Waals surface area contributed by atoms with Crippen LogP contribution in [0.5, 0.6) is 0 Å². The Morgan fingerprint density at radius 1 is 0.520 bits per heavy atom. The Bertz CT molecular complexity index is 888. The van der Waals surface area contributed by atoms with Crippen LogP contribution < -0.4 is 5.32 Å². The number of rotatable bonds is 39. The van der Waals surface area contributed by atoms with Crippen molar-refractivity contribution >= 4 is 16.0 Å². The van der Waals surface area contributed by atoms with E-state index < -0.39 is 28.0 Å². The first-order valence-corrected chi connectivity index (χ1v) is 23.1. The van der Waals surface area contributed by atoms with E-state index in [1.54, 1.807) is 6.08 Å². The monoisotopic (exact) mass is 726 g/mol. The predicted octanol–water partition coefficient (Wildman–Crippen LogP) is 12.7. The molecular formula is C43H83NO5S. The lowest BCUT2D eigenvalue weighted by atomic mass is 10.0. The Kier molecular flexibility index (Phi) is 36.7. The van der Waals surface area contributed by atoms with E-state index in [2.05, 4.69) is 31.3 Å². The molecule has 0 radical (unpaired) electrons. The van der Waals surface area contributed by atoms with Gasteiger partial charge in [0.2, 0.25) is 5.91 Å². The molecule has 6 nitrogen and oxygen atoms in total. The van der Waals surface area contributed by atoms with Crippen LogP contribution in [0.25, 0.3) is 0 Å². The van der Waals surface area contributed by atoms with E-state index in [9.17, 15) is 22.9 Å². The third-order valence-electron chi connectivity index (χ3n) is 9.87. The number of carbonyl (C=O) groups is 1. The van der Waals surface area contributed by atoms with Crippen molar-refractivity contribution in [3.05, 3.63) is 24.3 Å². The van der Waals surface area contributed by atoms with E-state index in [1.165, 1.54) is 148 Å². The van der Waals surface area contributed by atoms with E-state index in [0.717, 1.165) is 57.8 Å². The molecule has 2 atom stereocenters. The van der Waals surface area contributed by atoms with Gasteiger partial charge in [-0.25, -0.2) is 0 Å². The van der Waals surface area contributed by atoms with Crippen LogP contribution in [0.2, 0.25) is 0 Å². The molecule has 0 aliphatic carbocycles. The van der Waals surface area contributed by atoms with Gasteiger partial charge in [0.25, 0.3) is 10.1 Å². The fourth-order valence-electron chi connectivity index (χ4n) is 6.62. The Morgan fingerprint density at radius 3 is 1.20 bits per heavy atom. The van der Waals surface area contributed by atoms with Crippen LogP contribution in [0.15, 0.2) is 24.3 Å². The second-order valence-electron chi connectivity index (χ2n) is 15.0. The quantitative estimate of drug-likeness (QED) is 0.0332. The smallest absolute Gasteiger partial charge is 0.267 e. The van der Waals surface area contributed by atoms with Crippen LogP contribution in [-0.4, -0.2) is 41.9 Å². The molecule has 0 saturated heterocycles. The summed E-state index contributed by atoms with van der Waals surface area (Å²) in [6, 6.07) is -1.06. The summed E-state index contributed by atoms with van der Waals surface area (Å²) in [6.07, 6.45) is 47.4. The summed E-state index contributed by atoms with van der Waals surface area (Å²) < 4.78 is 32.5. The van der Waals surface area contributed by atoms with E-state index >= 15 is 0 Å². The molecule has 0 aliphatic heterocycles. The summed E-state index contributed by atoms with van der Waals surface area (Å²) in [5.41, 5.74) is 0. The average molecular weight is 726 g/mol. The lowest BCUT2D eigenvalue weighted by Crippen LogP contribution is -2.46. The number of amides is 1. The lowest BCUT2D eigenvalue weighted by molar-refractivity contribution is -0.122. The van der Waals surface area contributed by atoms with Crippen LogP contribution in [-0.2, 0) is 14.9 Å². The molecule has 50 heavy (non-hydrogen) atoms. The van der Waals surface area contributed by atoms with Gasteiger partial charge < -0.3 is 10.4 Å².